The van der Waals surface area contributed by atoms with E-state index in [1.165, 1.54) is 0 Å². The number of ether oxygens (including phenoxy) is 1. The normalized spacial score (nSPS) is 10.7. The summed E-state index contributed by atoms with van der Waals surface area (Å²) in [5.41, 5.74) is -0.326. The topological polar surface area (TPSA) is 39.2 Å². The SMILES string of the molecule is CCOC(=O)Cc1c(Br)ncc(Cl)c1C(F)F. The molecule has 0 aliphatic heterocycles. The summed E-state index contributed by atoms with van der Waals surface area (Å²) in [7, 11) is 0. The average Bonchev–Trinajstić information content (AvgIpc) is 2.23. The van der Waals surface area contributed by atoms with Crippen LogP contribution < -0.4 is 0 Å². The molecule has 3 nitrogen and oxygen atoms in total. The predicted octanol–water partition coefficient (Wildman–Crippen LogP) is 3.54. The number of pyridine rings is 1. The number of carbonyl (C=O) groups is 1. The van der Waals surface area contributed by atoms with Crippen molar-refractivity contribution < 1.29 is 18.3 Å². The van der Waals surface area contributed by atoms with Crippen molar-refractivity contribution >= 4 is 33.5 Å². The van der Waals surface area contributed by atoms with Crippen LogP contribution in [0.15, 0.2) is 10.8 Å². The van der Waals surface area contributed by atoms with Crippen LogP contribution in [-0.2, 0) is 16.0 Å². The van der Waals surface area contributed by atoms with E-state index in [9.17, 15) is 13.6 Å². The molecule has 0 radical (unpaired) electrons. The Balaban J connectivity index is 3.12. The third-order valence-corrected chi connectivity index (χ3v) is 2.95. The van der Waals surface area contributed by atoms with Gasteiger partial charge < -0.3 is 4.74 Å². The highest BCUT2D eigenvalue weighted by atomic mass is 79.9. The lowest BCUT2D eigenvalue weighted by molar-refractivity contribution is -0.142. The maximum absolute atomic E-state index is 12.8. The van der Waals surface area contributed by atoms with Gasteiger partial charge in [-0.25, -0.2) is 13.8 Å². The zero-order valence-corrected chi connectivity index (χ0v) is 11.2. The number of alkyl halides is 2. The number of esters is 1. The van der Waals surface area contributed by atoms with Gasteiger partial charge in [0.25, 0.3) is 6.43 Å². The Hall–Kier alpha value is -0.750. The molecule has 0 atom stereocenters. The molecule has 0 aliphatic rings. The first-order valence-corrected chi connectivity index (χ1v) is 5.91. The van der Waals surface area contributed by atoms with Crippen molar-refractivity contribution in [3.05, 3.63) is 26.9 Å². The zero-order chi connectivity index (χ0) is 13.0. The molecule has 0 spiro atoms. The minimum atomic E-state index is -2.77. The minimum absolute atomic E-state index is 0.0611. The van der Waals surface area contributed by atoms with E-state index in [0.717, 1.165) is 6.20 Å². The molecule has 7 heteroatoms. The van der Waals surface area contributed by atoms with Gasteiger partial charge in [0.05, 0.1) is 18.1 Å². The van der Waals surface area contributed by atoms with Crippen LogP contribution in [0.1, 0.15) is 24.5 Å². The van der Waals surface area contributed by atoms with Crippen LogP contribution in [0.4, 0.5) is 8.78 Å². The van der Waals surface area contributed by atoms with Crippen molar-refractivity contribution in [2.75, 3.05) is 6.61 Å². The lowest BCUT2D eigenvalue weighted by Gasteiger charge is -2.11. The first-order chi connectivity index (χ1) is 7.97. The van der Waals surface area contributed by atoms with Gasteiger partial charge in [-0.2, -0.15) is 0 Å². The maximum atomic E-state index is 12.8. The van der Waals surface area contributed by atoms with Crippen molar-refractivity contribution in [2.45, 2.75) is 19.8 Å². The van der Waals surface area contributed by atoms with Crippen molar-refractivity contribution in [3.8, 4) is 0 Å². The summed E-state index contributed by atoms with van der Waals surface area (Å²) in [5.74, 6) is -0.598. The Bertz CT molecular complexity index is 429. The number of aromatic nitrogens is 1. The van der Waals surface area contributed by atoms with Gasteiger partial charge in [-0.3, -0.25) is 4.79 Å². The summed E-state index contributed by atoms with van der Waals surface area (Å²) in [5, 5.41) is -0.164. The molecule has 0 aliphatic carbocycles. The number of hydrogen-bond acceptors (Lipinski definition) is 3. The molecule has 0 saturated heterocycles. The quantitative estimate of drug-likeness (QED) is 0.627. The molecule has 0 unspecified atom stereocenters. The van der Waals surface area contributed by atoms with Crippen molar-refractivity contribution in [2.24, 2.45) is 0 Å². The van der Waals surface area contributed by atoms with Crippen molar-refractivity contribution in [1.82, 2.24) is 4.98 Å². The first kappa shape index (κ1) is 14.3. The second kappa shape index (κ2) is 6.26. The summed E-state index contributed by atoms with van der Waals surface area (Å²) in [4.78, 5) is 15.1. The predicted molar refractivity (Wildman–Crippen MR) is 62.2 cm³/mol. The number of carbonyl (C=O) groups excluding carboxylic acids is 1. The highest BCUT2D eigenvalue weighted by Crippen LogP contribution is 2.33. The van der Waals surface area contributed by atoms with E-state index in [0.29, 0.717) is 0 Å². The van der Waals surface area contributed by atoms with Gasteiger partial charge in [-0.05, 0) is 22.9 Å². The fraction of sp³-hybridized carbons (Fsp3) is 0.400. The second-order valence-corrected chi connectivity index (χ2v) is 4.23. The molecule has 17 heavy (non-hydrogen) atoms. The monoisotopic (exact) mass is 327 g/mol. The van der Waals surface area contributed by atoms with E-state index in [-0.39, 0.29) is 33.8 Å². The molecule has 0 N–H and O–H groups in total. The second-order valence-electron chi connectivity index (χ2n) is 3.07. The van der Waals surface area contributed by atoms with Gasteiger partial charge >= 0.3 is 5.97 Å². The summed E-state index contributed by atoms with van der Waals surface area (Å²) in [6, 6.07) is 0. The summed E-state index contributed by atoms with van der Waals surface area (Å²) in [6.07, 6.45) is -1.95. The first-order valence-electron chi connectivity index (χ1n) is 4.73. The molecule has 1 aromatic heterocycles. The number of nitrogens with zero attached hydrogens (tertiary/aromatic N) is 1. The van der Waals surface area contributed by atoms with Crippen LogP contribution in [0.2, 0.25) is 5.02 Å². The summed E-state index contributed by atoms with van der Waals surface area (Å²) in [6.45, 7) is 1.83. The van der Waals surface area contributed by atoms with Gasteiger partial charge in [-0.15, -0.1) is 0 Å². The van der Waals surface area contributed by atoms with Crippen LogP contribution in [0.5, 0.6) is 0 Å². The number of hydrogen-bond donors (Lipinski definition) is 0. The van der Waals surface area contributed by atoms with Gasteiger partial charge in [0.1, 0.15) is 4.60 Å². The third-order valence-electron chi connectivity index (χ3n) is 1.97. The van der Waals surface area contributed by atoms with Gasteiger partial charge in [0, 0.05) is 17.3 Å². The largest absolute Gasteiger partial charge is 0.466 e. The molecule has 0 amide bonds. The zero-order valence-electron chi connectivity index (χ0n) is 8.84. The standard InChI is InChI=1S/C10H9BrClF2NO2/c1-2-17-7(16)3-5-8(10(13)14)6(12)4-15-9(5)11/h4,10H,2-3H2,1H3. The minimum Gasteiger partial charge on any atom is -0.466 e. The lowest BCUT2D eigenvalue weighted by atomic mass is 10.1. The maximum Gasteiger partial charge on any atom is 0.310 e. The van der Waals surface area contributed by atoms with Gasteiger partial charge in [-0.1, -0.05) is 11.6 Å². The smallest absolute Gasteiger partial charge is 0.310 e. The Morgan fingerprint density at radius 2 is 2.29 bits per heavy atom. The Kier molecular flexibility index (Phi) is 5.27. The Labute approximate surface area is 110 Å². The highest BCUT2D eigenvalue weighted by Gasteiger charge is 2.22. The molecular weight excluding hydrogens is 319 g/mol. The molecule has 94 valence electrons. The third kappa shape index (κ3) is 3.61. The van der Waals surface area contributed by atoms with Crippen molar-refractivity contribution in [1.29, 1.82) is 0 Å². The van der Waals surface area contributed by atoms with E-state index in [1.54, 1.807) is 6.92 Å². The molecule has 1 rings (SSSR count). The molecule has 0 fully saturated rings. The van der Waals surface area contributed by atoms with Crippen LogP contribution in [0.3, 0.4) is 0 Å². The lowest BCUT2D eigenvalue weighted by Crippen LogP contribution is -2.11. The van der Waals surface area contributed by atoms with E-state index < -0.39 is 12.4 Å². The van der Waals surface area contributed by atoms with E-state index in [4.69, 9.17) is 16.3 Å². The number of rotatable bonds is 4. The van der Waals surface area contributed by atoms with E-state index in [1.807, 2.05) is 0 Å². The number of halogens is 4. The molecule has 0 saturated carbocycles. The molecule has 1 heterocycles. The van der Waals surface area contributed by atoms with Gasteiger partial charge in [0.2, 0.25) is 0 Å². The van der Waals surface area contributed by atoms with Gasteiger partial charge in [0.15, 0.2) is 0 Å². The Morgan fingerprint density at radius 1 is 1.65 bits per heavy atom. The molecule has 0 bridgehead atoms. The van der Waals surface area contributed by atoms with Crippen LogP contribution in [0, 0.1) is 0 Å². The van der Waals surface area contributed by atoms with E-state index in [2.05, 4.69) is 20.9 Å². The fourth-order valence-electron chi connectivity index (χ4n) is 1.28. The average molecular weight is 329 g/mol. The summed E-state index contributed by atoms with van der Waals surface area (Å²) >= 11 is 8.66. The Morgan fingerprint density at radius 3 is 2.82 bits per heavy atom. The van der Waals surface area contributed by atoms with Crippen LogP contribution in [-0.4, -0.2) is 17.6 Å². The summed E-state index contributed by atoms with van der Waals surface area (Å²) < 4.78 is 30.5. The highest BCUT2D eigenvalue weighted by molar-refractivity contribution is 9.10. The molecular formula is C10H9BrClF2NO2. The van der Waals surface area contributed by atoms with Crippen molar-refractivity contribution in [3.63, 3.8) is 0 Å². The molecule has 0 aromatic carbocycles. The van der Waals surface area contributed by atoms with Crippen LogP contribution >= 0.6 is 27.5 Å². The fourth-order valence-corrected chi connectivity index (χ4v) is 1.98. The van der Waals surface area contributed by atoms with E-state index >= 15 is 0 Å². The molecule has 1 aromatic rings. The van der Waals surface area contributed by atoms with Crippen LogP contribution in [0.25, 0.3) is 0 Å².